The molecule has 0 atom stereocenters. The van der Waals surface area contributed by atoms with E-state index in [-0.39, 0.29) is 0 Å². The highest BCUT2D eigenvalue weighted by atomic mass is 32.1. The molecule has 1 aromatic heterocycles. The molecule has 0 N–H and O–H groups in total. The number of hydrogen-bond donors (Lipinski definition) is 0. The summed E-state index contributed by atoms with van der Waals surface area (Å²) in [6.07, 6.45) is 0. The summed E-state index contributed by atoms with van der Waals surface area (Å²) in [6.45, 7) is 0. The molecular weight excluding hydrogens is 633 g/mol. The summed E-state index contributed by atoms with van der Waals surface area (Å²) in [6, 6.07) is 67.5. The van der Waals surface area contributed by atoms with Crippen LogP contribution in [0.1, 0.15) is 0 Å². The topological polar surface area (TPSA) is 0 Å². The van der Waals surface area contributed by atoms with E-state index in [2.05, 4.69) is 182 Å². The molecule has 0 bridgehead atoms. The fourth-order valence-corrected chi connectivity index (χ4v) is 9.70. The Labute approximate surface area is 299 Å². The van der Waals surface area contributed by atoms with Gasteiger partial charge in [-0.2, -0.15) is 0 Å². The number of rotatable bonds is 3. The smallest absolute Gasteiger partial charge is 0.0434 e. The second kappa shape index (κ2) is 11.1. The van der Waals surface area contributed by atoms with E-state index in [1.54, 1.807) is 0 Å². The second-order valence-corrected chi connectivity index (χ2v) is 14.7. The fourth-order valence-electron chi connectivity index (χ4n) is 8.45. The molecule has 0 saturated carbocycles. The van der Waals surface area contributed by atoms with Gasteiger partial charge in [-0.3, -0.25) is 0 Å². The lowest BCUT2D eigenvalue weighted by atomic mass is 9.84. The van der Waals surface area contributed by atoms with Crippen molar-refractivity contribution in [2.45, 2.75) is 0 Å². The van der Waals surface area contributed by atoms with Crippen LogP contribution in [0.25, 0.3) is 107 Å². The molecule has 0 amide bonds. The maximum Gasteiger partial charge on any atom is 0.0434 e. The molecule has 1 heteroatoms. The Kier molecular flexibility index (Phi) is 6.22. The first-order chi connectivity index (χ1) is 25.3. The molecule has 1 heterocycles. The van der Waals surface area contributed by atoms with Crippen molar-refractivity contribution < 1.29 is 0 Å². The van der Waals surface area contributed by atoms with Crippen molar-refractivity contribution in [3.8, 4) is 33.4 Å². The number of fused-ring (bicyclic) bond motifs is 9. The lowest BCUT2D eigenvalue weighted by Gasteiger charge is -2.19. The summed E-state index contributed by atoms with van der Waals surface area (Å²) in [5.41, 5.74) is 7.55. The minimum absolute atomic E-state index is 1.23. The van der Waals surface area contributed by atoms with Crippen molar-refractivity contribution in [2.75, 3.05) is 0 Å². The van der Waals surface area contributed by atoms with E-state index in [0.29, 0.717) is 0 Å². The third-order valence-electron chi connectivity index (χ3n) is 10.8. The molecule has 0 radical (unpaired) electrons. The van der Waals surface area contributed by atoms with Crippen LogP contribution in [0.15, 0.2) is 182 Å². The standard InChI is InChI=1S/C50H30S/c1-2-13-35-30-47-46(29-34(35)12-1)44-26-25-32-23-24-36(28-45(32)50(44)51-47)33-15-9-16-37(27-33)48-40-18-5-7-20-42(40)49(43-21-8-6-19-41(43)48)39-22-10-14-31-11-3-4-17-38(31)39/h1-30H. The zero-order valence-electron chi connectivity index (χ0n) is 27.7. The maximum atomic E-state index is 2.41. The molecule has 0 aliphatic heterocycles. The number of thiophene rings is 1. The Hall–Kier alpha value is -6.28. The Morgan fingerprint density at radius 1 is 0.275 bits per heavy atom. The largest absolute Gasteiger partial charge is 0.135 e. The first-order valence-corrected chi connectivity index (χ1v) is 18.4. The van der Waals surface area contributed by atoms with Gasteiger partial charge >= 0.3 is 0 Å². The maximum absolute atomic E-state index is 2.41. The van der Waals surface area contributed by atoms with Gasteiger partial charge in [-0.05, 0) is 106 Å². The predicted octanol–water partition coefficient (Wildman–Crippen LogP) is 14.8. The van der Waals surface area contributed by atoms with E-state index >= 15 is 0 Å². The third kappa shape index (κ3) is 4.39. The molecule has 11 aromatic rings. The molecule has 0 saturated heterocycles. The Morgan fingerprint density at radius 3 is 1.59 bits per heavy atom. The third-order valence-corrected chi connectivity index (χ3v) is 12.0. The van der Waals surface area contributed by atoms with Gasteiger partial charge in [0.1, 0.15) is 0 Å². The lowest BCUT2D eigenvalue weighted by molar-refractivity contribution is 1.63. The summed E-state index contributed by atoms with van der Waals surface area (Å²) in [5, 5.41) is 15.5. The molecule has 11 rings (SSSR count). The van der Waals surface area contributed by atoms with Gasteiger partial charge in [0, 0.05) is 25.6 Å². The number of hydrogen-bond acceptors (Lipinski definition) is 1. The Bertz CT molecular complexity index is 3130. The highest BCUT2D eigenvalue weighted by molar-refractivity contribution is 7.26. The molecule has 0 aliphatic rings. The van der Waals surface area contributed by atoms with Gasteiger partial charge < -0.3 is 0 Å². The van der Waals surface area contributed by atoms with Crippen LogP contribution in [0.2, 0.25) is 0 Å². The SMILES string of the molecule is c1cc(-c2ccc3ccc4c5cc6ccccc6cc5sc4c3c2)cc(-c2c3ccccc3c(-c3cccc4ccccc34)c3ccccc23)c1. The van der Waals surface area contributed by atoms with Crippen molar-refractivity contribution in [3.63, 3.8) is 0 Å². The fraction of sp³-hybridized carbons (Fsp3) is 0. The van der Waals surface area contributed by atoms with Crippen molar-refractivity contribution in [1.29, 1.82) is 0 Å². The summed E-state index contributed by atoms with van der Waals surface area (Å²) >= 11 is 1.91. The molecule has 0 spiro atoms. The Morgan fingerprint density at radius 2 is 0.824 bits per heavy atom. The Balaban J connectivity index is 1.12. The second-order valence-electron chi connectivity index (χ2n) is 13.6. The zero-order chi connectivity index (χ0) is 33.5. The molecule has 236 valence electrons. The first kappa shape index (κ1) is 28.5. The van der Waals surface area contributed by atoms with E-state index in [0.717, 1.165) is 0 Å². The molecule has 10 aromatic carbocycles. The van der Waals surface area contributed by atoms with Crippen molar-refractivity contribution in [1.82, 2.24) is 0 Å². The van der Waals surface area contributed by atoms with E-state index in [1.165, 1.54) is 107 Å². The molecule has 0 fully saturated rings. The van der Waals surface area contributed by atoms with Gasteiger partial charge in [0.25, 0.3) is 0 Å². The van der Waals surface area contributed by atoms with Crippen LogP contribution >= 0.6 is 11.3 Å². The van der Waals surface area contributed by atoms with Crippen LogP contribution in [0.4, 0.5) is 0 Å². The van der Waals surface area contributed by atoms with Gasteiger partial charge in [-0.1, -0.05) is 158 Å². The highest BCUT2D eigenvalue weighted by Crippen LogP contribution is 2.46. The van der Waals surface area contributed by atoms with Crippen LogP contribution < -0.4 is 0 Å². The van der Waals surface area contributed by atoms with Gasteiger partial charge in [-0.25, -0.2) is 0 Å². The molecule has 0 aliphatic carbocycles. The lowest BCUT2D eigenvalue weighted by Crippen LogP contribution is -1.92. The highest BCUT2D eigenvalue weighted by Gasteiger charge is 2.18. The quantitative estimate of drug-likeness (QED) is 0.165. The summed E-state index contributed by atoms with van der Waals surface area (Å²) in [4.78, 5) is 0. The zero-order valence-corrected chi connectivity index (χ0v) is 28.5. The van der Waals surface area contributed by atoms with Gasteiger partial charge in [0.05, 0.1) is 0 Å². The summed E-state index contributed by atoms with van der Waals surface area (Å²) < 4.78 is 2.70. The van der Waals surface area contributed by atoms with Crippen molar-refractivity contribution in [3.05, 3.63) is 182 Å². The summed E-state index contributed by atoms with van der Waals surface area (Å²) in [5.74, 6) is 0. The van der Waals surface area contributed by atoms with Gasteiger partial charge in [0.2, 0.25) is 0 Å². The average molecular weight is 663 g/mol. The van der Waals surface area contributed by atoms with Crippen molar-refractivity contribution >= 4 is 85.4 Å². The monoisotopic (exact) mass is 662 g/mol. The van der Waals surface area contributed by atoms with Gasteiger partial charge in [0.15, 0.2) is 0 Å². The summed E-state index contributed by atoms with van der Waals surface area (Å²) in [7, 11) is 0. The number of benzene rings is 10. The minimum Gasteiger partial charge on any atom is -0.135 e. The van der Waals surface area contributed by atoms with Crippen LogP contribution in [0, 0.1) is 0 Å². The van der Waals surface area contributed by atoms with E-state index < -0.39 is 0 Å². The van der Waals surface area contributed by atoms with E-state index in [4.69, 9.17) is 0 Å². The van der Waals surface area contributed by atoms with Crippen LogP contribution in [0.3, 0.4) is 0 Å². The van der Waals surface area contributed by atoms with Crippen LogP contribution in [-0.4, -0.2) is 0 Å². The molecule has 51 heavy (non-hydrogen) atoms. The normalized spacial score (nSPS) is 11.9. The van der Waals surface area contributed by atoms with Crippen molar-refractivity contribution in [2.24, 2.45) is 0 Å². The molecule has 0 unspecified atom stereocenters. The molecular formula is C50H30S. The minimum atomic E-state index is 1.23. The van der Waals surface area contributed by atoms with Gasteiger partial charge in [-0.15, -0.1) is 11.3 Å². The van der Waals surface area contributed by atoms with Crippen LogP contribution in [-0.2, 0) is 0 Å². The average Bonchev–Trinajstić information content (AvgIpc) is 3.56. The molecule has 0 nitrogen and oxygen atoms in total. The first-order valence-electron chi connectivity index (χ1n) is 17.6. The van der Waals surface area contributed by atoms with E-state index in [9.17, 15) is 0 Å². The predicted molar refractivity (Wildman–Crippen MR) is 223 cm³/mol. The van der Waals surface area contributed by atoms with E-state index in [1.807, 2.05) is 11.3 Å². The van der Waals surface area contributed by atoms with Crippen LogP contribution in [0.5, 0.6) is 0 Å².